The number of hydrogen-bond acceptors (Lipinski definition) is 3. The van der Waals surface area contributed by atoms with Gasteiger partial charge in [0.1, 0.15) is 0 Å². The number of halogens is 1. The zero-order chi connectivity index (χ0) is 21.9. The molecule has 3 N–H and O–H groups in total. The van der Waals surface area contributed by atoms with Crippen molar-refractivity contribution in [3.8, 4) is 0 Å². The van der Waals surface area contributed by atoms with E-state index >= 15 is 0 Å². The van der Waals surface area contributed by atoms with Gasteiger partial charge in [0.05, 0.1) is 6.54 Å². The van der Waals surface area contributed by atoms with E-state index in [1.165, 1.54) is 18.4 Å². The van der Waals surface area contributed by atoms with Gasteiger partial charge in [0.2, 0.25) is 0 Å². The monoisotopic (exact) mass is 549 g/mol. The summed E-state index contributed by atoms with van der Waals surface area (Å²) < 4.78 is 0. The molecule has 6 nitrogen and oxygen atoms in total. The quantitative estimate of drug-likeness (QED) is 0.253. The number of carbonyl (C=O) groups excluding carboxylic acids is 1. The fourth-order valence-electron chi connectivity index (χ4n) is 3.95. The number of nitrogens with one attached hydrogen (secondary N) is 3. The first kappa shape index (κ1) is 26.1. The Morgan fingerprint density at radius 3 is 2.50 bits per heavy atom. The van der Waals surface area contributed by atoms with E-state index in [4.69, 9.17) is 4.99 Å². The van der Waals surface area contributed by atoms with Crippen LogP contribution in [0.15, 0.2) is 59.6 Å². The zero-order valence-corrected chi connectivity index (χ0v) is 21.5. The fourth-order valence-corrected chi connectivity index (χ4v) is 3.95. The molecule has 0 spiro atoms. The molecule has 1 aliphatic heterocycles. The minimum atomic E-state index is -0.0434. The molecule has 3 rings (SSSR count). The van der Waals surface area contributed by atoms with Crippen molar-refractivity contribution >= 4 is 35.8 Å². The molecule has 1 amide bonds. The third kappa shape index (κ3) is 8.09. The number of rotatable bonds is 9. The van der Waals surface area contributed by atoms with E-state index in [2.05, 4.69) is 58.1 Å². The maximum Gasteiger partial charge on any atom is 0.251 e. The number of hydrogen-bond donors (Lipinski definition) is 3. The van der Waals surface area contributed by atoms with E-state index in [1.54, 1.807) is 0 Å². The molecule has 1 fully saturated rings. The molecular weight excluding hydrogens is 513 g/mol. The van der Waals surface area contributed by atoms with Crippen molar-refractivity contribution in [1.29, 1.82) is 0 Å². The Labute approximate surface area is 209 Å². The molecule has 1 heterocycles. The Hall–Kier alpha value is -2.13. The highest BCUT2D eigenvalue weighted by Gasteiger charge is 2.24. The van der Waals surface area contributed by atoms with Crippen LogP contribution in [0.3, 0.4) is 0 Å². The molecule has 2 aromatic rings. The van der Waals surface area contributed by atoms with Crippen molar-refractivity contribution in [2.45, 2.75) is 45.8 Å². The third-order valence-corrected chi connectivity index (χ3v) is 5.52. The van der Waals surface area contributed by atoms with E-state index in [9.17, 15) is 4.79 Å². The first-order valence-corrected chi connectivity index (χ1v) is 11.4. The molecule has 1 unspecified atom stereocenters. The van der Waals surface area contributed by atoms with Crippen LogP contribution in [0.5, 0.6) is 0 Å². The van der Waals surface area contributed by atoms with Gasteiger partial charge in [-0.25, -0.2) is 4.99 Å². The first-order valence-electron chi connectivity index (χ1n) is 11.4. The Kier molecular flexibility index (Phi) is 11.5. The number of carbonyl (C=O) groups is 1. The summed E-state index contributed by atoms with van der Waals surface area (Å²) in [5.41, 5.74) is 3.06. The van der Waals surface area contributed by atoms with Crippen molar-refractivity contribution in [3.05, 3.63) is 71.3 Å². The van der Waals surface area contributed by atoms with Crippen LogP contribution in [0.4, 0.5) is 0 Å². The molecule has 0 radical (unpaired) electrons. The molecule has 1 saturated heterocycles. The summed E-state index contributed by atoms with van der Waals surface area (Å²) in [6, 6.07) is 18.9. The average molecular weight is 550 g/mol. The number of aliphatic imine (C=N–C) groups is 1. The predicted octanol–water partition coefficient (Wildman–Crippen LogP) is 3.77. The summed E-state index contributed by atoms with van der Waals surface area (Å²) in [6.07, 6.45) is 2.44. The molecule has 1 aliphatic rings. The second-order valence-electron chi connectivity index (χ2n) is 7.89. The Bertz CT molecular complexity index is 858. The van der Waals surface area contributed by atoms with Gasteiger partial charge in [-0.1, -0.05) is 42.5 Å². The van der Waals surface area contributed by atoms with Gasteiger partial charge in [-0.2, -0.15) is 0 Å². The first-order chi connectivity index (χ1) is 15.2. The van der Waals surface area contributed by atoms with Crippen LogP contribution in [0, 0.1) is 0 Å². The minimum Gasteiger partial charge on any atom is -0.357 e. The van der Waals surface area contributed by atoms with E-state index < -0.39 is 0 Å². The Morgan fingerprint density at radius 1 is 1.00 bits per heavy atom. The molecule has 174 valence electrons. The summed E-state index contributed by atoms with van der Waals surface area (Å²) in [6.45, 7) is 8.96. The fraction of sp³-hybridized carbons (Fsp3) is 0.440. The summed E-state index contributed by atoms with van der Waals surface area (Å²) in [5, 5.41) is 9.71. The summed E-state index contributed by atoms with van der Waals surface area (Å²) in [5.74, 6) is 0.774. The van der Waals surface area contributed by atoms with Gasteiger partial charge in [0.15, 0.2) is 5.96 Å². The van der Waals surface area contributed by atoms with Crippen molar-refractivity contribution in [2.24, 2.45) is 4.99 Å². The van der Waals surface area contributed by atoms with Crippen LogP contribution in [0.1, 0.15) is 48.2 Å². The van der Waals surface area contributed by atoms with E-state index in [0.717, 1.165) is 37.7 Å². The molecule has 7 heteroatoms. The van der Waals surface area contributed by atoms with Crippen LogP contribution < -0.4 is 16.0 Å². The number of nitrogens with zero attached hydrogens (tertiary/aromatic N) is 2. The van der Waals surface area contributed by atoms with Crippen LogP contribution in [0.25, 0.3) is 0 Å². The highest BCUT2D eigenvalue weighted by atomic mass is 127. The van der Waals surface area contributed by atoms with Gasteiger partial charge in [-0.05, 0) is 56.5 Å². The minimum absolute atomic E-state index is 0. The largest absolute Gasteiger partial charge is 0.357 e. The van der Waals surface area contributed by atoms with Gasteiger partial charge in [-0.15, -0.1) is 24.0 Å². The van der Waals surface area contributed by atoms with Crippen molar-refractivity contribution in [1.82, 2.24) is 20.9 Å². The highest BCUT2D eigenvalue weighted by Crippen LogP contribution is 2.19. The van der Waals surface area contributed by atoms with Gasteiger partial charge in [0.25, 0.3) is 5.91 Å². The lowest BCUT2D eigenvalue weighted by molar-refractivity contribution is 0.0955. The average Bonchev–Trinajstić information content (AvgIpc) is 3.23. The van der Waals surface area contributed by atoms with E-state index in [-0.39, 0.29) is 29.9 Å². The molecule has 0 aliphatic carbocycles. The van der Waals surface area contributed by atoms with Gasteiger partial charge in [-0.3, -0.25) is 9.69 Å². The van der Waals surface area contributed by atoms with Crippen LogP contribution in [-0.2, 0) is 13.1 Å². The number of guanidine groups is 1. The van der Waals surface area contributed by atoms with E-state index in [1.807, 2.05) is 31.2 Å². The lowest BCUT2D eigenvalue weighted by Crippen LogP contribution is -2.44. The molecule has 1 atom stereocenters. The SMILES string of the molecule is CCNC(=O)c1cccc(CN=C(NCC)NCC2CCCN2Cc2ccccc2)c1.I. The Morgan fingerprint density at radius 2 is 1.75 bits per heavy atom. The third-order valence-electron chi connectivity index (χ3n) is 5.52. The Balaban J connectivity index is 0.00000363. The maximum absolute atomic E-state index is 12.1. The lowest BCUT2D eigenvalue weighted by atomic mass is 10.1. The predicted molar refractivity (Wildman–Crippen MR) is 143 cm³/mol. The molecule has 0 aromatic heterocycles. The molecular formula is C25H36IN5O. The van der Waals surface area contributed by atoms with E-state index in [0.29, 0.717) is 24.7 Å². The molecule has 0 bridgehead atoms. The molecule has 2 aromatic carbocycles. The lowest BCUT2D eigenvalue weighted by Gasteiger charge is -2.25. The van der Waals surface area contributed by atoms with Crippen LogP contribution in [-0.4, -0.2) is 49.0 Å². The van der Waals surface area contributed by atoms with Gasteiger partial charge < -0.3 is 16.0 Å². The van der Waals surface area contributed by atoms with Crippen molar-refractivity contribution in [3.63, 3.8) is 0 Å². The molecule has 32 heavy (non-hydrogen) atoms. The molecule has 0 saturated carbocycles. The van der Waals surface area contributed by atoms with Crippen molar-refractivity contribution < 1.29 is 4.79 Å². The standard InChI is InChI=1S/C25H35N5O.HI/c1-3-26-24(31)22-13-8-12-21(16-22)17-28-25(27-4-2)29-18-23-14-9-15-30(23)19-20-10-6-5-7-11-20;/h5-8,10-13,16,23H,3-4,9,14-15,17-19H2,1-2H3,(H,26,31)(H2,27,28,29);1H. The summed E-state index contributed by atoms with van der Waals surface area (Å²) >= 11 is 0. The number of amides is 1. The smallest absolute Gasteiger partial charge is 0.251 e. The second-order valence-corrected chi connectivity index (χ2v) is 7.89. The normalized spacial score (nSPS) is 16.3. The summed E-state index contributed by atoms with van der Waals surface area (Å²) in [7, 11) is 0. The van der Waals surface area contributed by atoms with Crippen LogP contribution in [0.2, 0.25) is 0 Å². The van der Waals surface area contributed by atoms with Gasteiger partial charge >= 0.3 is 0 Å². The topological polar surface area (TPSA) is 68.8 Å². The van der Waals surface area contributed by atoms with Gasteiger partial charge in [0, 0.05) is 37.8 Å². The van der Waals surface area contributed by atoms with Crippen molar-refractivity contribution in [2.75, 3.05) is 26.2 Å². The maximum atomic E-state index is 12.1. The second kappa shape index (κ2) is 14.1. The number of likely N-dealkylation sites (tertiary alicyclic amines) is 1. The number of benzene rings is 2. The highest BCUT2D eigenvalue weighted by molar-refractivity contribution is 14.0. The van der Waals surface area contributed by atoms with Crippen LogP contribution >= 0.6 is 24.0 Å². The zero-order valence-electron chi connectivity index (χ0n) is 19.1. The summed E-state index contributed by atoms with van der Waals surface area (Å²) in [4.78, 5) is 19.4.